The Morgan fingerprint density at radius 1 is 1.00 bits per heavy atom. The molecule has 2 rings (SSSR count). The summed E-state index contributed by atoms with van der Waals surface area (Å²) in [5, 5.41) is 0. The Hall–Kier alpha value is -2.58. The van der Waals surface area contributed by atoms with Crippen LogP contribution in [-0.2, 0) is 17.5 Å². The highest BCUT2D eigenvalue weighted by Crippen LogP contribution is 2.29. The summed E-state index contributed by atoms with van der Waals surface area (Å²) >= 11 is 0. The number of alkyl halides is 3. The summed E-state index contributed by atoms with van der Waals surface area (Å²) in [6, 6.07) is 11.3. The largest absolute Gasteiger partial charge is 0.491 e. The zero-order valence-corrected chi connectivity index (χ0v) is 14.1. The van der Waals surface area contributed by atoms with Crippen molar-refractivity contribution in [3.8, 4) is 5.75 Å². The van der Waals surface area contributed by atoms with Gasteiger partial charge in [-0.15, -0.1) is 0 Å². The van der Waals surface area contributed by atoms with Crippen LogP contribution in [0.5, 0.6) is 5.75 Å². The van der Waals surface area contributed by atoms with Crippen LogP contribution in [-0.4, -0.2) is 26.2 Å². The van der Waals surface area contributed by atoms with Gasteiger partial charge in [0.1, 0.15) is 12.4 Å². The van der Waals surface area contributed by atoms with Crippen molar-refractivity contribution in [2.45, 2.75) is 12.7 Å². The van der Waals surface area contributed by atoms with Gasteiger partial charge >= 0.3 is 6.18 Å². The number of methoxy groups -OCH3 is 1. The molecule has 5 nitrogen and oxygen atoms in total. The van der Waals surface area contributed by atoms with E-state index in [1.54, 1.807) is 31.4 Å². The summed E-state index contributed by atoms with van der Waals surface area (Å²) in [7, 11) is 1.58. The number of halogens is 3. The summed E-state index contributed by atoms with van der Waals surface area (Å²) in [5.74, 6) is 0.261. The second kappa shape index (κ2) is 9.21. The number of carbonyl (C=O) groups excluding carboxylic acids is 1. The van der Waals surface area contributed by atoms with E-state index in [0.717, 1.165) is 12.1 Å². The predicted molar refractivity (Wildman–Crippen MR) is 89.6 cm³/mol. The molecule has 0 spiro atoms. The van der Waals surface area contributed by atoms with E-state index in [2.05, 4.69) is 10.9 Å². The smallest absolute Gasteiger partial charge is 0.416 e. The van der Waals surface area contributed by atoms with Gasteiger partial charge < -0.3 is 9.47 Å². The summed E-state index contributed by atoms with van der Waals surface area (Å²) in [6.45, 7) is 1.08. The first-order valence-corrected chi connectivity index (χ1v) is 7.81. The van der Waals surface area contributed by atoms with Crippen LogP contribution >= 0.6 is 0 Å². The fraction of sp³-hybridized carbons (Fsp3) is 0.278. The van der Waals surface area contributed by atoms with Crippen molar-refractivity contribution >= 4 is 5.91 Å². The molecule has 2 N–H and O–H groups in total. The molecule has 0 unspecified atom stereocenters. The average molecular weight is 368 g/mol. The molecule has 1 amide bonds. The van der Waals surface area contributed by atoms with Crippen molar-refractivity contribution in [2.24, 2.45) is 0 Å². The van der Waals surface area contributed by atoms with Crippen molar-refractivity contribution in [2.75, 3.05) is 20.3 Å². The van der Waals surface area contributed by atoms with Gasteiger partial charge in [0.2, 0.25) is 0 Å². The minimum absolute atomic E-state index is 0.197. The summed E-state index contributed by atoms with van der Waals surface area (Å²) in [5.41, 5.74) is 5.50. The van der Waals surface area contributed by atoms with Crippen molar-refractivity contribution in [3.63, 3.8) is 0 Å². The van der Waals surface area contributed by atoms with Gasteiger partial charge in [0.05, 0.1) is 12.2 Å². The monoisotopic (exact) mass is 368 g/mol. The van der Waals surface area contributed by atoms with Crippen LogP contribution in [0.15, 0.2) is 48.5 Å². The highest BCUT2D eigenvalue weighted by molar-refractivity contribution is 5.93. The predicted octanol–water partition coefficient (Wildman–Crippen LogP) is 3.17. The van der Waals surface area contributed by atoms with Crippen LogP contribution in [0, 0.1) is 0 Å². The number of hydrogen-bond donors (Lipinski definition) is 2. The number of ether oxygens (including phenoxy) is 2. The van der Waals surface area contributed by atoms with Crippen LogP contribution in [0.3, 0.4) is 0 Å². The highest BCUT2D eigenvalue weighted by atomic mass is 19.4. The molecule has 0 atom stereocenters. The summed E-state index contributed by atoms with van der Waals surface area (Å²) in [4.78, 5) is 12.0. The molecule has 0 heterocycles. The molecule has 0 aliphatic carbocycles. The molecule has 26 heavy (non-hydrogen) atoms. The second-order valence-corrected chi connectivity index (χ2v) is 5.37. The molecular weight excluding hydrogens is 349 g/mol. The summed E-state index contributed by atoms with van der Waals surface area (Å²) < 4.78 is 47.8. The Kier molecular flexibility index (Phi) is 6.99. The fourth-order valence-electron chi connectivity index (χ4n) is 2.06. The maximum Gasteiger partial charge on any atom is 0.416 e. The van der Waals surface area contributed by atoms with E-state index in [9.17, 15) is 18.0 Å². The highest BCUT2D eigenvalue weighted by Gasteiger charge is 2.29. The van der Waals surface area contributed by atoms with E-state index in [1.165, 1.54) is 12.1 Å². The maximum atomic E-state index is 12.5. The number of benzene rings is 2. The third-order valence-electron chi connectivity index (χ3n) is 3.45. The van der Waals surface area contributed by atoms with E-state index >= 15 is 0 Å². The Bertz CT molecular complexity index is 701. The molecular formula is C18H19F3N2O3. The molecule has 0 saturated heterocycles. The molecule has 0 radical (unpaired) electrons. The van der Waals surface area contributed by atoms with Crippen LogP contribution < -0.4 is 15.6 Å². The SMILES string of the molecule is COCCOc1ccc(C(=O)NNCc2ccc(C(F)(F)F)cc2)cc1. The first-order chi connectivity index (χ1) is 12.4. The lowest BCUT2D eigenvalue weighted by atomic mass is 10.1. The topological polar surface area (TPSA) is 59.6 Å². The second-order valence-electron chi connectivity index (χ2n) is 5.37. The molecule has 2 aromatic carbocycles. The lowest BCUT2D eigenvalue weighted by Crippen LogP contribution is -2.36. The minimum Gasteiger partial charge on any atom is -0.491 e. The molecule has 0 fully saturated rings. The minimum atomic E-state index is -4.36. The molecule has 0 aromatic heterocycles. The van der Waals surface area contributed by atoms with Crippen molar-refractivity contribution < 1.29 is 27.4 Å². The van der Waals surface area contributed by atoms with Crippen LogP contribution in [0.1, 0.15) is 21.5 Å². The van der Waals surface area contributed by atoms with Crippen LogP contribution in [0.2, 0.25) is 0 Å². The fourth-order valence-corrected chi connectivity index (χ4v) is 2.06. The summed E-state index contributed by atoms with van der Waals surface area (Å²) in [6.07, 6.45) is -4.36. The normalized spacial score (nSPS) is 11.2. The quantitative estimate of drug-likeness (QED) is 0.555. The first-order valence-electron chi connectivity index (χ1n) is 7.81. The third-order valence-corrected chi connectivity index (χ3v) is 3.45. The number of amides is 1. The van der Waals surface area contributed by atoms with Crippen LogP contribution in [0.25, 0.3) is 0 Å². The van der Waals surface area contributed by atoms with E-state index in [-0.39, 0.29) is 12.5 Å². The van der Waals surface area contributed by atoms with E-state index in [4.69, 9.17) is 9.47 Å². The zero-order chi connectivity index (χ0) is 19.0. The molecule has 0 saturated carbocycles. The molecule has 140 valence electrons. The van der Waals surface area contributed by atoms with Gasteiger partial charge in [-0.05, 0) is 42.0 Å². The number of carbonyl (C=O) groups is 1. The van der Waals surface area contributed by atoms with Crippen LogP contribution in [0.4, 0.5) is 13.2 Å². The molecule has 2 aromatic rings. The number of hydrogen-bond acceptors (Lipinski definition) is 4. The third kappa shape index (κ3) is 6.05. The molecule has 0 aliphatic rings. The van der Waals surface area contributed by atoms with E-state index in [0.29, 0.717) is 30.1 Å². The molecule has 0 bridgehead atoms. The van der Waals surface area contributed by atoms with Gasteiger partial charge in [-0.3, -0.25) is 10.2 Å². The average Bonchev–Trinajstić information content (AvgIpc) is 2.62. The van der Waals surface area contributed by atoms with Gasteiger partial charge in [-0.25, -0.2) is 5.43 Å². The van der Waals surface area contributed by atoms with Crippen molar-refractivity contribution in [1.29, 1.82) is 0 Å². The van der Waals surface area contributed by atoms with Gasteiger partial charge in [0.25, 0.3) is 5.91 Å². The van der Waals surface area contributed by atoms with Gasteiger partial charge in [0.15, 0.2) is 0 Å². The lowest BCUT2D eigenvalue weighted by Gasteiger charge is -2.10. The molecule has 0 aliphatic heterocycles. The van der Waals surface area contributed by atoms with Gasteiger partial charge in [0, 0.05) is 19.2 Å². The first kappa shape index (κ1) is 19.7. The lowest BCUT2D eigenvalue weighted by molar-refractivity contribution is -0.137. The van der Waals surface area contributed by atoms with Gasteiger partial charge in [-0.2, -0.15) is 13.2 Å². The van der Waals surface area contributed by atoms with Crippen molar-refractivity contribution in [3.05, 3.63) is 65.2 Å². The van der Waals surface area contributed by atoms with E-state index < -0.39 is 11.7 Å². The Morgan fingerprint density at radius 3 is 2.23 bits per heavy atom. The Balaban J connectivity index is 1.79. The van der Waals surface area contributed by atoms with Gasteiger partial charge in [-0.1, -0.05) is 12.1 Å². The van der Waals surface area contributed by atoms with Crippen molar-refractivity contribution in [1.82, 2.24) is 10.9 Å². The standard InChI is InChI=1S/C18H19F3N2O3/c1-25-10-11-26-16-8-4-14(5-9-16)17(24)23-22-12-13-2-6-15(7-3-13)18(19,20)21/h2-9,22H,10-12H2,1H3,(H,23,24). The molecule has 8 heteroatoms. The Morgan fingerprint density at radius 2 is 1.65 bits per heavy atom. The maximum absolute atomic E-state index is 12.5. The Labute approximate surface area is 149 Å². The zero-order valence-electron chi connectivity index (χ0n) is 14.1. The van der Waals surface area contributed by atoms with E-state index in [1.807, 2.05) is 0 Å². The number of hydrazine groups is 1. The number of rotatable bonds is 8. The number of nitrogens with one attached hydrogen (secondary N) is 2.